The third-order valence-electron chi connectivity index (χ3n) is 3.60. The van der Waals surface area contributed by atoms with Gasteiger partial charge in [-0.3, -0.25) is 0 Å². The van der Waals surface area contributed by atoms with Gasteiger partial charge < -0.3 is 9.47 Å². The Hall–Kier alpha value is -2.51. The molecule has 0 saturated heterocycles. The molecule has 8 heteroatoms. The molecule has 27 heavy (non-hydrogen) atoms. The highest BCUT2D eigenvalue weighted by atomic mass is 35.5. The molecule has 3 rings (SSSR count). The number of hydrogen-bond donors (Lipinski definition) is 0. The Bertz CT molecular complexity index is 912. The van der Waals surface area contributed by atoms with E-state index < -0.39 is 0 Å². The number of methoxy groups -OCH3 is 1. The van der Waals surface area contributed by atoms with Crippen LogP contribution >= 0.6 is 23.4 Å². The minimum absolute atomic E-state index is 0.563. The molecule has 0 fully saturated rings. The van der Waals surface area contributed by atoms with Crippen LogP contribution in [0.1, 0.15) is 18.1 Å². The summed E-state index contributed by atoms with van der Waals surface area (Å²) in [6, 6.07) is 13.4. The van der Waals surface area contributed by atoms with Gasteiger partial charge in [-0.05, 0) is 48.4 Å². The quantitative estimate of drug-likeness (QED) is 0.409. The van der Waals surface area contributed by atoms with Crippen LogP contribution in [0.15, 0.2) is 59.0 Å². The van der Waals surface area contributed by atoms with E-state index in [2.05, 4.69) is 15.3 Å². The van der Waals surface area contributed by atoms with Crippen LogP contribution in [-0.4, -0.2) is 34.8 Å². The molecule has 0 atom stereocenters. The van der Waals surface area contributed by atoms with Gasteiger partial charge in [0.25, 0.3) is 0 Å². The van der Waals surface area contributed by atoms with Gasteiger partial charge in [0.15, 0.2) is 11.5 Å². The van der Waals surface area contributed by atoms with Gasteiger partial charge in [-0.2, -0.15) is 9.78 Å². The number of aromatic nitrogens is 3. The third kappa shape index (κ3) is 5.24. The first-order valence-electron chi connectivity index (χ1n) is 8.32. The Balaban J connectivity index is 1.70. The maximum absolute atomic E-state index is 5.92. The molecular formula is C19H19ClN4O2S. The zero-order chi connectivity index (χ0) is 19.1. The molecular weight excluding hydrogens is 384 g/mol. The van der Waals surface area contributed by atoms with Crippen molar-refractivity contribution in [2.24, 2.45) is 5.10 Å². The van der Waals surface area contributed by atoms with Crippen molar-refractivity contribution in [3.63, 3.8) is 0 Å². The fourth-order valence-corrected chi connectivity index (χ4v) is 3.24. The minimum atomic E-state index is 0.563. The van der Waals surface area contributed by atoms with Crippen LogP contribution in [0.5, 0.6) is 11.5 Å². The predicted molar refractivity (Wildman–Crippen MR) is 108 cm³/mol. The molecule has 3 aromatic rings. The molecule has 6 nitrogen and oxygen atoms in total. The summed E-state index contributed by atoms with van der Waals surface area (Å²) in [7, 11) is 1.62. The van der Waals surface area contributed by atoms with Gasteiger partial charge >= 0.3 is 0 Å². The van der Waals surface area contributed by atoms with E-state index in [9.17, 15) is 0 Å². The summed E-state index contributed by atoms with van der Waals surface area (Å²) in [5.41, 5.74) is 2.04. The summed E-state index contributed by atoms with van der Waals surface area (Å²) in [5.74, 6) is 2.13. The number of hydrogen-bond acceptors (Lipinski definition) is 6. The molecule has 0 amide bonds. The number of benzene rings is 2. The number of halogens is 1. The van der Waals surface area contributed by atoms with Crippen molar-refractivity contribution in [3.05, 3.63) is 64.9 Å². The second kappa shape index (κ2) is 9.43. The van der Waals surface area contributed by atoms with E-state index in [0.29, 0.717) is 23.3 Å². The van der Waals surface area contributed by atoms with Crippen molar-refractivity contribution in [1.82, 2.24) is 14.9 Å². The molecule has 0 aliphatic heterocycles. The first-order chi connectivity index (χ1) is 13.2. The standard InChI is InChI=1S/C19H19ClN4O2S/c1-3-26-18-10-15(6-9-17(18)25-2)11-22-24-13-21-23-19(24)27-12-14-4-7-16(20)8-5-14/h4-11,13H,3,12H2,1-2H3/b22-11+. The van der Waals surface area contributed by atoms with Crippen molar-refractivity contribution in [2.45, 2.75) is 17.8 Å². The lowest BCUT2D eigenvalue weighted by Gasteiger charge is -2.09. The van der Waals surface area contributed by atoms with Crippen molar-refractivity contribution < 1.29 is 9.47 Å². The lowest BCUT2D eigenvalue weighted by molar-refractivity contribution is 0.311. The number of rotatable bonds is 8. The van der Waals surface area contributed by atoms with Crippen molar-refractivity contribution in [1.29, 1.82) is 0 Å². The number of thioether (sulfide) groups is 1. The molecule has 2 aromatic carbocycles. The molecule has 0 aliphatic carbocycles. The maximum Gasteiger partial charge on any atom is 0.212 e. The predicted octanol–water partition coefficient (Wildman–Crippen LogP) is 4.51. The van der Waals surface area contributed by atoms with Crippen LogP contribution < -0.4 is 9.47 Å². The van der Waals surface area contributed by atoms with Crippen molar-refractivity contribution >= 4 is 29.6 Å². The van der Waals surface area contributed by atoms with Crippen molar-refractivity contribution in [2.75, 3.05) is 13.7 Å². The SMILES string of the molecule is CCOc1cc(/C=N/n2cnnc2SCc2ccc(Cl)cc2)ccc1OC. The zero-order valence-corrected chi connectivity index (χ0v) is 16.6. The maximum atomic E-state index is 5.92. The van der Waals surface area contributed by atoms with Crippen molar-refractivity contribution in [3.8, 4) is 11.5 Å². The Morgan fingerprint density at radius 3 is 2.74 bits per heavy atom. The Labute approximate surface area is 167 Å². The van der Waals surface area contributed by atoms with Gasteiger partial charge in [0.05, 0.1) is 19.9 Å². The molecule has 0 radical (unpaired) electrons. The van der Waals surface area contributed by atoms with E-state index in [1.54, 1.807) is 36.1 Å². The average Bonchev–Trinajstić information content (AvgIpc) is 3.14. The van der Waals surface area contributed by atoms with Crippen LogP contribution in [0.4, 0.5) is 0 Å². The lowest BCUT2D eigenvalue weighted by atomic mass is 10.2. The summed E-state index contributed by atoms with van der Waals surface area (Å²) in [6.07, 6.45) is 3.31. The van der Waals surface area contributed by atoms with Gasteiger partial charge in [-0.15, -0.1) is 10.2 Å². The van der Waals surface area contributed by atoms with Gasteiger partial charge in [-0.25, -0.2) is 0 Å². The van der Waals surface area contributed by atoms with Crippen LogP contribution in [-0.2, 0) is 5.75 Å². The summed E-state index contributed by atoms with van der Waals surface area (Å²) in [5, 5.41) is 14.0. The average molecular weight is 403 g/mol. The third-order valence-corrected chi connectivity index (χ3v) is 4.86. The zero-order valence-electron chi connectivity index (χ0n) is 15.0. The molecule has 0 N–H and O–H groups in total. The van der Waals surface area contributed by atoms with E-state index in [1.807, 2.05) is 49.4 Å². The molecule has 0 bridgehead atoms. The number of nitrogens with zero attached hydrogens (tertiary/aromatic N) is 4. The summed E-state index contributed by atoms with van der Waals surface area (Å²) < 4.78 is 12.5. The van der Waals surface area contributed by atoms with Crippen LogP contribution in [0, 0.1) is 0 Å². The number of ether oxygens (including phenoxy) is 2. The van der Waals surface area contributed by atoms with Gasteiger partial charge in [0, 0.05) is 10.8 Å². The van der Waals surface area contributed by atoms with Gasteiger partial charge in [-0.1, -0.05) is 35.5 Å². The van der Waals surface area contributed by atoms with Crippen LogP contribution in [0.3, 0.4) is 0 Å². The Kier molecular flexibility index (Phi) is 6.73. The first kappa shape index (κ1) is 19.3. The van der Waals surface area contributed by atoms with Gasteiger partial charge in [0.2, 0.25) is 5.16 Å². The molecule has 1 aromatic heterocycles. The smallest absolute Gasteiger partial charge is 0.212 e. The first-order valence-corrected chi connectivity index (χ1v) is 9.68. The molecule has 0 aliphatic rings. The van der Waals surface area contributed by atoms with Crippen LogP contribution in [0.25, 0.3) is 0 Å². The second-order valence-corrected chi connectivity index (χ2v) is 6.84. The van der Waals surface area contributed by atoms with E-state index in [4.69, 9.17) is 21.1 Å². The van der Waals surface area contributed by atoms with E-state index >= 15 is 0 Å². The summed E-state index contributed by atoms with van der Waals surface area (Å²) in [6.45, 7) is 2.50. The Morgan fingerprint density at radius 2 is 2.00 bits per heavy atom. The minimum Gasteiger partial charge on any atom is -0.493 e. The highest BCUT2D eigenvalue weighted by Gasteiger charge is 2.06. The molecule has 1 heterocycles. The highest BCUT2D eigenvalue weighted by molar-refractivity contribution is 7.98. The molecule has 0 unspecified atom stereocenters. The fraction of sp³-hybridized carbons (Fsp3) is 0.211. The van der Waals surface area contributed by atoms with E-state index in [1.165, 1.54) is 0 Å². The lowest BCUT2D eigenvalue weighted by Crippen LogP contribution is -1.97. The summed E-state index contributed by atoms with van der Waals surface area (Å²) >= 11 is 7.47. The highest BCUT2D eigenvalue weighted by Crippen LogP contribution is 2.27. The molecule has 140 valence electrons. The Morgan fingerprint density at radius 1 is 1.19 bits per heavy atom. The second-order valence-electron chi connectivity index (χ2n) is 5.46. The normalized spacial score (nSPS) is 11.1. The van der Waals surface area contributed by atoms with E-state index in [0.717, 1.165) is 21.9 Å². The molecule has 0 saturated carbocycles. The largest absolute Gasteiger partial charge is 0.493 e. The molecule has 0 spiro atoms. The van der Waals surface area contributed by atoms with E-state index in [-0.39, 0.29) is 0 Å². The monoisotopic (exact) mass is 402 g/mol. The fourth-order valence-electron chi connectivity index (χ4n) is 2.29. The topological polar surface area (TPSA) is 61.5 Å². The summed E-state index contributed by atoms with van der Waals surface area (Å²) in [4.78, 5) is 0. The van der Waals surface area contributed by atoms with Gasteiger partial charge in [0.1, 0.15) is 6.33 Å². The van der Waals surface area contributed by atoms with Crippen LogP contribution in [0.2, 0.25) is 5.02 Å².